The predicted molar refractivity (Wildman–Crippen MR) is 111 cm³/mol. The molecule has 11 heteroatoms. The molecule has 4 atom stereocenters. The maximum Gasteiger partial charge on any atom is 0.303 e. The van der Waals surface area contributed by atoms with Crippen molar-refractivity contribution in [3.8, 4) is 11.8 Å². The van der Waals surface area contributed by atoms with Crippen LogP contribution in [-0.4, -0.2) is 69.0 Å². The Labute approximate surface area is 184 Å². The number of rotatable bonds is 5. The summed E-state index contributed by atoms with van der Waals surface area (Å²) in [4.78, 5) is 36.7. The summed E-state index contributed by atoms with van der Waals surface area (Å²) in [5.74, 6) is 5.18. The van der Waals surface area contributed by atoms with E-state index in [0.29, 0.717) is 30.2 Å². The van der Waals surface area contributed by atoms with Gasteiger partial charge in [-0.1, -0.05) is 5.92 Å². The molecule has 4 heterocycles. The van der Waals surface area contributed by atoms with Crippen molar-refractivity contribution in [3.63, 3.8) is 0 Å². The minimum absolute atomic E-state index is 0.223. The molecule has 2 aliphatic rings. The van der Waals surface area contributed by atoms with Gasteiger partial charge < -0.3 is 24.3 Å². The zero-order valence-corrected chi connectivity index (χ0v) is 18.1. The zero-order chi connectivity index (χ0) is 22.7. The van der Waals surface area contributed by atoms with E-state index in [4.69, 9.17) is 18.9 Å². The minimum atomic E-state index is -0.929. The molecule has 2 saturated heterocycles. The van der Waals surface area contributed by atoms with Crippen molar-refractivity contribution in [2.45, 2.75) is 64.2 Å². The van der Waals surface area contributed by atoms with Gasteiger partial charge in [-0.25, -0.2) is 15.0 Å². The van der Waals surface area contributed by atoms with Crippen LogP contribution in [0.15, 0.2) is 12.7 Å². The van der Waals surface area contributed by atoms with Crippen LogP contribution in [0.1, 0.15) is 39.8 Å². The fraction of sp³-hybridized carbons (Fsp3) is 0.571. The second kappa shape index (κ2) is 9.50. The molecule has 2 aromatic rings. The molecular formula is C21H25N5O6. The quantitative estimate of drug-likeness (QED) is 0.532. The van der Waals surface area contributed by atoms with Gasteiger partial charge >= 0.3 is 11.9 Å². The SMILES string of the molecule is CC#C[C@H]1O[C@@H](n2cnc3c(NC4CCOCC4)ncnc32)[C@H](OC(C)=O)[C@@H]1OC(C)=O. The van der Waals surface area contributed by atoms with Crippen LogP contribution < -0.4 is 5.32 Å². The molecule has 2 aromatic heterocycles. The molecule has 0 bridgehead atoms. The lowest BCUT2D eigenvalue weighted by Crippen LogP contribution is -2.38. The van der Waals surface area contributed by atoms with Gasteiger partial charge in [0.15, 0.2) is 41.5 Å². The van der Waals surface area contributed by atoms with E-state index in [1.54, 1.807) is 17.8 Å². The van der Waals surface area contributed by atoms with Crippen LogP contribution in [0.2, 0.25) is 0 Å². The fourth-order valence-corrected chi connectivity index (χ4v) is 3.94. The summed E-state index contributed by atoms with van der Waals surface area (Å²) >= 11 is 0. The highest BCUT2D eigenvalue weighted by Gasteiger charge is 2.50. The van der Waals surface area contributed by atoms with Gasteiger partial charge in [-0.15, -0.1) is 5.92 Å². The summed E-state index contributed by atoms with van der Waals surface area (Å²) in [5, 5.41) is 3.41. The Kier molecular flexibility index (Phi) is 6.53. The summed E-state index contributed by atoms with van der Waals surface area (Å²) in [6.07, 6.45) is 1.27. The first-order chi connectivity index (χ1) is 15.5. The Balaban J connectivity index is 1.69. The third-order valence-electron chi connectivity index (χ3n) is 5.28. The molecule has 4 rings (SSSR count). The average Bonchev–Trinajstić information content (AvgIpc) is 3.32. The molecule has 1 N–H and O–H groups in total. The zero-order valence-electron chi connectivity index (χ0n) is 18.1. The van der Waals surface area contributed by atoms with Gasteiger partial charge in [-0.2, -0.15) is 0 Å². The topological polar surface area (TPSA) is 127 Å². The van der Waals surface area contributed by atoms with E-state index in [0.717, 1.165) is 12.8 Å². The molecule has 0 spiro atoms. The third kappa shape index (κ3) is 4.51. The average molecular weight is 443 g/mol. The van der Waals surface area contributed by atoms with Gasteiger partial charge in [0, 0.05) is 33.1 Å². The molecule has 0 aliphatic carbocycles. The molecule has 11 nitrogen and oxygen atoms in total. The van der Waals surface area contributed by atoms with Crippen molar-refractivity contribution in [1.29, 1.82) is 0 Å². The van der Waals surface area contributed by atoms with Crippen LogP contribution in [0.5, 0.6) is 0 Å². The maximum absolute atomic E-state index is 11.8. The molecule has 0 unspecified atom stereocenters. The van der Waals surface area contributed by atoms with Gasteiger partial charge in [-0.05, 0) is 19.8 Å². The van der Waals surface area contributed by atoms with Crippen LogP contribution in [0.25, 0.3) is 11.2 Å². The van der Waals surface area contributed by atoms with E-state index in [1.807, 2.05) is 0 Å². The second-order valence-electron chi connectivity index (χ2n) is 7.57. The van der Waals surface area contributed by atoms with Crippen molar-refractivity contribution >= 4 is 28.9 Å². The highest BCUT2D eigenvalue weighted by Crippen LogP contribution is 2.36. The smallest absolute Gasteiger partial charge is 0.303 e. The number of aromatic nitrogens is 4. The van der Waals surface area contributed by atoms with Gasteiger partial charge in [0.1, 0.15) is 6.33 Å². The molecule has 32 heavy (non-hydrogen) atoms. The van der Waals surface area contributed by atoms with Crippen LogP contribution in [0.4, 0.5) is 5.82 Å². The normalized spacial score (nSPS) is 25.7. The maximum atomic E-state index is 11.8. The van der Waals surface area contributed by atoms with Crippen molar-refractivity contribution in [2.24, 2.45) is 0 Å². The number of imidazole rings is 1. The summed E-state index contributed by atoms with van der Waals surface area (Å²) in [6, 6.07) is 0.223. The Bertz CT molecular complexity index is 1050. The number of hydrogen-bond acceptors (Lipinski definition) is 10. The van der Waals surface area contributed by atoms with Gasteiger partial charge in [-0.3, -0.25) is 14.2 Å². The molecule has 0 radical (unpaired) electrons. The molecule has 0 aromatic carbocycles. The van der Waals surface area contributed by atoms with E-state index >= 15 is 0 Å². The van der Waals surface area contributed by atoms with Gasteiger partial charge in [0.25, 0.3) is 0 Å². The number of nitrogens with zero attached hydrogens (tertiary/aromatic N) is 4. The molecule has 2 fully saturated rings. The van der Waals surface area contributed by atoms with Crippen molar-refractivity contribution in [2.75, 3.05) is 18.5 Å². The van der Waals surface area contributed by atoms with E-state index in [-0.39, 0.29) is 6.04 Å². The molecule has 170 valence electrons. The highest BCUT2D eigenvalue weighted by atomic mass is 16.6. The number of carbonyl (C=O) groups excluding carboxylic acids is 2. The van der Waals surface area contributed by atoms with Crippen molar-refractivity contribution in [3.05, 3.63) is 12.7 Å². The van der Waals surface area contributed by atoms with Crippen LogP contribution in [-0.2, 0) is 28.5 Å². The number of carbonyl (C=O) groups is 2. The number of ether oxygens (including phenoxy) is 4. The van der Waals surface area contributed by atoms with E-state index in [2.05, 4.69) is 32.1 Å². The van der Waals surface area contributed by atoms with E-state index in [1.165, 1.54) is 20.2 Å². The number of anilines is 1. The lowest BCUT2D eigenvalue weighted by Gasteiger charge is -2.24. The number of fused-ring (bicyclic) bond motifs is 1. The largest absolute Gasteiger partial charge is 0.455 e. The first kappa shape index (κ1) is 22.0. The molecule has 0 saturated carbocycles. The standard InChI is InChI=1S/C21H25N5O6/c1-4-5-15-17(30-12(2)27)18(31-13(3)28)21(32-15)26-11-24-16-19(22-10-23-20(16)26)25-14-6-8-29-9-7-14/h10-11,14-15,17-18,21H,6-9H2,1-3H3,(H,22,23,25)/t15-,17-,18-,21-/m1/s1. The first-order valence-corrected chi connectivity index (χ1v) is 10.4. The monoisotopic (exact) mass is 443 g/mol. The summed E-state index contributed by atoms with van der Waals surface area (Å²) in [6.45, 7) is 5.60. The third-order valence-corrected chi connectivity index (χ3v) is 5.28. The molecule has 2 aliphatic heterocycles. The number of esters is 2. The Morgan fingerprint density at radius 2 is 1.84 bits per heavy atom. The Morgan fingerprint density at radius 3 is 2.53 bits per heavy atom. The molecule has 0 amide bonds. The van der Waals surface area contributed by atoms with E-state index < -0.39 is 36.5 Å². The van der Waals surface area contributed by atoms with Crippen molar-refractivity contribution < 1.29 is 28.5 Å². The fourth-order valence-electron chi connectivity index (χ4n) is 3.94. The van der Waals surface area contributed by atoms with Crippen molar-refractivity contribution in [1.82, 2.24) is 19.5 Å². The summed E-state index contributed by atoms with van der Waals surface area (Å²) < 4.78 is 24.1. The van der Waals surface area contributed by atoms with E-state index in [9.17, 15) is 9.59 Å². The van der Waals surface area contributed by atoms with Gasteiger partial charge in [0.2, 0.25) is 0 Å². The Morgan fingerprint density at radius 1 is 1.12 bits per heavy atom. The molecular weight excluding hydrogens is 418 g/mol. The van der Waals surface area contributed by atoms with Crippen LogP contribution in [0.3, 0.4) is 0 Å². The Hall–Kier alpha value is -3.23. The van der Waals surface area contributed by atoms with Crippen LogP contribution >= 0.6 is 0 Å². The highest BCUT2D eigenvalue weighted by molar-refractivity contribution is 5.83. The van der Waals surface area contributed by atoms with Crippen LogP contribution in [0, 0.1) is 11.8 Å². The number of nitrogens with one attached hydrogen (secondary N) is 1. The first-order valence-electron chi connectivity index (χ1n) is 10.4. The number of hydrogen-bond donors (Lipinski definition) is 1. The summed E-state index contributed by atoms with van der Waals surface area (Å²) in [5.41, 5.74) is 1.04. The lowest BCUT2D eigenvalue weighted by atomic mass is 10.1. The predicted octanol–water partition coefficient (Wildman–Crippen LogP) is 1.20. The van der Waals surface area contributed by atoms with Gasteiger partial charge in [0.05, 0.1) is 6.33 Å². The minimum Gasteiger partial charge on any atom is -0.455 e. The second-order valence-corrected chi connectivity index (χ2v) is 7.57. The lowest BCUT2D eigenvalue weighted by molar-refractivity contribution is -0.165. The summed E-state index contributed by atoms with van der Waals surface area (Å²) in [7, 11) is 0.